The molecule has 2 heterocycles. The molecule has 0 saturated carbocycles. The Bertz CT molecular complexity index is 667. The van der Waals surface area contributed by atoms with E-state index in [0.717, 1.165) is 25.9 Å². The summed E-state index contributed by atoms with van der Waals surface area (Å²) in [6.45, 7) is 1.56. The normalized spacial score (nSPS) is 15.7. The van der Waals surface area contributed by atoms with Gasteiger partial charge in [0, 0.05) is 23.0 Å². The number of carbonyl (C=O) groups is 1. The van der Waals surface area contributed by atoms with E-state index in [4.69, 9.17) is 27.9 Å². The molecule has 0 spiro atoms. The summed E-state index contributed by atoms with van der Waals surface area (Å²) in [5.41, 5.74) is 0. The molecule has 0 N–H and O–H groups in total. The van der Waals surface area contributed by atoms with Gasteiger partial charge < -0.3 is 9.64 Å². The molecule has 2 aromatic rings. The molecular formula is C17H17Cl2NO2S. The molecule has 1 aromatic carbocycles. The minimum absolute atomic E-state index is 0.000598. The molecule has 3 nitrogen and oxygen atoms in total. The first kappa shape index (κ1) is 16.6. The Morgan fingerprint density at radius 3 is 2.70 bits per heavy atom. The van der Waals surface area contributed by atoms with E-state index in [1.54, 1.807) is 29.5 Å². The van der Waals surface area contributed by atoms with E-state index in [1.165, 1.54) is 4.88 Å². The third kappa shape index (κ3) is 4.19. The number of hydrogen-bond donors (Lipinski definition) is 0. The molecule has 1 aliphatic rings. The summed E-state index contributed by atoms with van der Waals surface area (Å²) >= 11 is 13.7. The van der Waals surface area contributed by atoms with E-state index >= 15 is 0 Å². The molecule has 0 atom stereocenters. The molecule has 3 rings (SSSR count). The molecule has 122 valence electrons. The third-order valence-corrected chi connectivity index (χ3v) is 5.60. The van der Waals surface area contributed by atoms with Crippen LogP contribution >= 0.6 is 34.5 Å². The zero-order valence-electron chi connectivity index (χ0n) is 12.5. The number of hydrogen-bond acceptors (Lipinski definition) is 3. The maximum atomic E-state index is 12.3. The van der Waals surface area contributed by atoms with Gasteiger partial charge in [0.15, 0.2) is 6.61 Å². The van der Waals surface area contributed by atoms with Gasteiger partial charge in [-0.2, -0.15) is 0 Å². The van der Waals surface area contributed by atoms with Crippen molar-refractivity contribution in [1.82, 2.24) is 4.90 Å². The summed E-state index contributed by atoms with van der Waals surface area (Å²) in [5.74, 6) is 1.06. The van der Waals surface area contributed by atoms with E-state index < -0.39 is 0 Å². The molecule has 0 unspecified atom stereocenters. The van der Waals surface area contributed by atoms with Crippen LogP contribution in [0.4, 0.5) is 0 Å². The number of amides is 1. The lowest BCUT2D eigenvalue weighted by atomic mass is 9.95. The van der Waals surface area contributed by atoms with Crippen molar-refractivity contribution in [2.24, 2.45) is 0 Å². The van der Waals surface area contributed by atoms with Crippen LogP contribution in [-0.4, -0.2) is 30.5 Å². The number of piperidine rings is 1. The third-order valence-electron chi connectivity index (χ3n) is 4.04. The SMILES string of the molecule is O=C(COc1ccc(Cl)cc1Cl)N1CCC(c2cccs2)CC1. The van der Waals surface area contributed by atoms with Gasteiger partial charge in [-0.05, 0) is 48.4 Å². The standard InChI is InChI=1S/C17H17Cl2NO2S/c18-13-3-4-15(14(19)10-13)22-11-17(21)20-7-5-12(6-8-20)16-2-1-9-23-16/h1-4,9-10,12H,5-8,11H2. The van der Waals surface area contributed by atoms with Crippen LogP contribution in [0, 0.1) is 0 Å². The highest BCUT2D eigenvalue weighted by Gasteiger charge is 2.24. The van der Waals surface area contributed by atoms with Crippen LogP contribution in [0.25, 0.3) is 0 Å². The number of nitrogens with zero attached hydrogens (tertiary/aromatic N) is 1. The van der Waals surface area contributed by atoms with Crippen LogP contribution in [0.2, 0.25) is 10.0 Å². The number of likely N-dealkylation sites (tertiary alicyclic amines) is 1. The van der Waals surface area contributed by atoms with Crippen LogP contribution in [-0.2, 0) is 4.79 Å². The van der Waals surface area contributed by atoms with Crippen LogP contribution in [0.15, 0.2) is 35.7 Å². The lowest BCUT2D eigenvalue weighted by molar-refractivity contribution is -0.134. The summed E-state index contributed by atoms with van der Waals surface area (Å²) in [7, 11) is 0. The van der Waals surface area contributed by atoms with Gasteiger partial charge in [-0.3, -0.25) is 4.79 Å². The molecule has 0 aliphatic carbocycles. The molecule has 1 aliphatic heterocycles. The van der Waals surface area contributed by atoms with Crippen molar-refractivity contribution >= 4 is 40.4 Å². The fourth-order valence-electron chi connectivity index (χ4n) is 2.76. The second-order valence-corrected chi connectivity index (χ2v) is 7.36. The first-order valence-electron chi connectivity index (χ1n) is 7.52. The average molecular weight is 370 g/mol. The number of halogens is 2. The summed E-state index contributed by atoms with van der Waals surface area (Å²) in [5, 5.41) is 3.07. The Morgan fingerprint density at radius 2 is 2.04 bits per heavy atom. The highest BCUT2D eigenvalue weighted by Crippen LogP contribution is 2.31. The van der Waals surface area contributed by atoms with Crippen LogP contribution in [0.1, 0.15) is 23.6 Å². The average Bonchev–Trinajstić information content (AvgIpc) is 3.08. The smallest absolute Gasteiger partial charge is 0.260 e. The van der Waals surface area contributed by atoms with Gasteiger partial charge in [0.2, 0.25) is 0 Å². The van der Waals surface area contributed by atoms with Crippen molar-refractivity contribution in [1.29, 1.82) is 0 Å². The highest BCUT2D eigenvalue weighted by molar-refractivity contribution is 7.10. The Hall–Kier alpha value is -1.23. The van der Waals surface area contributed by atoms with Crippen LogP contribution in [0.3, 0.4) is 0 Å². The molecule has 1 amide bonds. The first-order valence-corrected chi connectivity index (χ1v) is 9.16. The molecular weight excluding hydrogens is 353 g/mol. The quantitative estimate of drug-likeness (QED) is 0.771. The summed E-state index contributed by atoms with van der Waals surface area (Å²) in [6.07, 6.45) is 2.02. The van der Waals surface area contributed by atoms with Gasteiger partial charge in [0.05, 0.1) is 5.02 Å². The summed E-state index contributed by atoms with van der Waals surface area (Å²) in [4.78, 5) is 15.6. The van der Waals surface area contributed by atoms with Gasteiger partial charge in [-0.1, -0.05) is 29.3 Å². The zero-order valence-corrected chi connectivity index (χ0v) is 14.8. The number of benzene rings is 1. The van der Waals surface area contributed by atoms with E-state index in [9.17, 15) is 4.79 Å². The minimum atomic E-state index is 0.000598. The van der Waals surface area contributed by atoms with Crippen molar-refractivity contribution in [3.63, 3.8) is 0 Å². The van der Waals surface area contributed by atoms with E-state index in [-0.39, 0.29) is 12.5 Å². The Labute approximate surface area is 149 Å². The van der Waals surface area contributed by atoms with Gasteiger partial charge in [-0.25, -0.2) is 0 Å². The first-order chi connectivity index (χ1) is 11.1. The second-order valence-electron chi connectivity index (χ2n) is 5.53. The number of rotatable bonds is 4. The van der Waals surface area contributed by atoms with Crippen molar-refractivity contribution in [2.75, 3.05) is 19.7 Å². The van der Waals surface area contributed by atoms with Crippen molar-refractivity contribution < 1.29 is 9.53 Å². The van der Waals surface area contributed by atoms with E-state index in [2.05, 4.69) is 17.5 Å². The van der Waals surface area contributed by atoms with Crippen molar-refractivity contribution in [2.45, 2.75) is 18.8 Å². The molecule has 23 heavy (non-hydrogen) atoms. The van der Waals surface area contributed by atoms with Gasteiger partial charge >= 0.3 is 0 Å². The summed E-state index contributed by atoms with van der Waals surface area (Å²) in [6, 6.07) is 9.25. The topological polar surface area (TPSA) is 29.5 Å². The predicted octanol–water partition coefficient (Wildman–Crippen LogP) is 4.84. The fourth-order valence-corrected chi connectivity index (χ4v) is 4.12. The molecule has 0 radical (unpaired) electrons. The molecule has 1 aromatic heterocycles. The molecule has 1 fully saturated rings. The molecule has 1 saturated heterocycles. The lowest BCUT2D eigenvalue weighted by Gasteiger charge is -2.31. The monoisotopic (exact) mass is 369 g/mol. The van der Waals surface area contributed by atoms with Crippen LogP contribution in [0.5, 0.6) is 5.75 Å². The number of carbonyl (C=O) groups excluding carboxylic acids is 1. The van der Waals surface area contributed by atoms with Crippen LogP contribution < -0.4 is 4.74 Å². The number of ether oxygens (including phenoxy) is 1. The largest absolute Gasteiger partial charge is 0.482 e. The highest BCUT2D eigenvalue weighted by atomic mass is 35.5. The Morgan fingerprint density at radius 1 is 1.26 bits per heavy atom. The van der Waals surface area contributed by atoms with Gasteiger partial charge in [0.25, 0.3) is 5.91 Å². The maximum absolute atomic E-state index is 12.3. The Kier molecular flexibility index (Phi) is 5.46. The van der Waals surface area contributed by atoms with E-state index in [0.29, 0.717) is 21.7 Å². The van der Waals surface area contributed by atoms with E-state index in [1.807, 2.05) is 4.90 Å². The lowest BCUT2D eigenvalue weighted by Crippen LogP contribution is -2.40. The second kappa shape index (κ2) is 7.56. The molecule has 0 bridgehead atoms. The predicted molar refractivity (Wildman–Crippen MR) is 94.8 cm³/mol. The minimum Gasteiger partial charge on any atom is -0.482 e. The fraction of sp³-hybridized carbons (Fsp3) is 0.353. The Balaban J connectivity index is 1.50. The number of thiophene rings is 1. The van der Waals surface area contributed by atoms with Crippen molar-refractivity contribution in [3.05, 3.63) is 50.6 Å². The molecule has 6 heteroatoms. The zero-order chi connectivity index (χ0) is 16.2. The maximum Gasteiger partial charge on any atom is 0.260 e. The van der Waals surface area contributed by atoms with Gasteiger partial charge in [-0.15, -0.1) is 11.3 Å². The van der Waals surface area contributed by atoms with Crippen molar-refractivity contribution in [3.8, 4) is 5.75 Å². The summed E-state index contributed by atoms with van der Waals surface area (Å²) < 4.78 is 5.53. The van der Waals surface area contributed by atoms with Gasteiger partial charge in [0.1, 0.15) is 5.75 Å².